The molecule has 11 heteroatoms. The molecule has 6 aromatic rings. The number of nitrogens with zero attached hydrogens (tertiary/aromatic N) is 5. The minimum absolute atomic E-state index is 0.0482. The molecule has 4 unspecified atom stereocenters. The molecule has 0 radical (unpaired) electrons. The Hall–Kier alpha value is -7.68. The van der Waals surface area contributed by atoms with E-state index in [1.165, 1.54) is 22.3 Å². The van der Waals surface area contributed by atoms with Crippen LogP contribution in [0, 0.1) is 24.6 Å². The maximum Gasteiger partial charge on any atom is 0.205 e. The molecule has 4 atom stereocenters. The second-order valence-electron chi connectivity index (χ2n) is 17.6. The fourth-order valence-electron chi connectivity index (χ4n) is 8.87. The van der Waals surface area contributed by atoms with Gasteiger partial charge in [0.05, 0.1) is 50.8 Å². The molecule has 0 spiro atoms. The molecular weight excluding hydrogens is 851 g/mol. The molecule has 6 aromatic carbocycles. The average Bonchev–Trinajstić information content (AvgIpc) is 3.36. The number of rotatable bonds is 5. The zero-order chi connectivity index (χ0) is 46.9. The zero-order valence-electron chi connectivity index (χ0n) is 37.7. The first-order valence-electron chi connectivity index (χ1n) is 22.2. The molecule has 0 bridgehead atoms. The highest BCUT2D eigenvalue weighted by Crippen LogP contribution is 2.41. The maximum absolute atomic E-state index is 13.0. The molecule has 0 saturated carbocycles. The van der Waals surface area contributed by atoms with Crippen LogP contribution in [0.15, 0.2) is 150 Å². The number of hydrogen-bond donors (Lipinski definition) is 0. The van der Waals surface area contributed by atoms with Crippen molar-refractivity contribution in [3.05, 3.63) is 196 Å². The lowest BCUT2D eigenvalue weighted by Gasteiger charge is -2.36. The van der Waals surface area contributed by atoms with Gasteiger partial charge in [-0.05, 0) is 113 Å². The number of Topliss-reactive ketones (excluding diaryl/α,β-unsaturated/α-hetero) is 1. The first-order chi connectivity index (χ1) is 32.5. The normalized spacial score (nSPS) is 19.3. The van der Waals surface area contributed by atoms with E-state index in [-0.39, 0.29) is 29.8 Å². The Bertz CT molecular complexity index is 3040. The number of benzene rings is 6. The quantitative estimate of drug-likeness (QED) is 0.0737. The van der Waals surface area contributed by atoms with E-state index in [9.17, 15) is 10.1 Å². The van der Waals surface area contributed by atoms with Crippen molar-refractivity contribution in [3.8, 4) is 39.9 Å². The summed E-state index contributed by atoms with van der Waals surface area (Å²) in [5.74, 6) is 4.10. The van der Waals surface area contributed by atoms with E-state index in [2.05, 4.69) is 75.7 Å². The van der Waals surface area contributed by atoms with E-state index in [1.54, 1.807) is 12.1 Å². The third-order valence-corrected chi connectivity index (χ3v) is 12.9. The topological polar surface area (TPSA) is 111 Å². The van der Waals surface area contributed by atoms with Gasteiger partial charge >= 0.3 is 0 Å². The Balaban J connectivity index is 0.000000160. The summed E-state index contributed by atoms with van der Waals surface area (Å²) in [5, 5.41) is 9.32. The third kappa shape index (κ3) is 10.7. The van der Waals surface area contributed by atoms with Gasteiger partial charge in [0.15, 0.2) is 25.4 Å². The first kappa shape index (κ1) is 45.9. The van der Waals surface area contributed by atoms with E-state index in [0.717, 1.165) is 39.3 Å². The summed E-state index contributed by atoms with van der Waals surface area (Å²) in [7, 11) is -1.21. The Labute approximate surface area is 393 Å². The number of carbonyl (C=O) groups is 1. The van der Waals surface area contributed by atoms with Crippen LogP contribution in [0.1, 0.15) is 62.9 Å². The standard InChI is InChI=1S/C26H19N3O2.C25H19NO3.C5H11NSi/c1-28-20-7-4-6-17(11-20)18-9-10-25-22(12-18)24(29-16-27)13-26(31-25)23-15-30-14-19-5-2-3-8-21(19)23;1-26-19-7-4-6-16(11-19)17-9-10-24-21(12-17)23(27)13-25(29-24)22-15-28-14-18-5-2-3-8-20(18)22;1-5-6-7(2,3)4/h2-12,23,26H,13-15H2;2-12,22,25H,13-15H2;1H2,2-4H3. The lowest BCUT2D eigenvalue weighted by molar-refractivity contribution is 0.0384. The summed E-state index contributed by atoms with van der Waals surface area (Å²) in [6.45, 7) is 26.6. The van der Waals surface area contributed by atoms with Gasteiger partial charge in [-0.25, -0.2) is 9.69 Å². The van der Waals surface area contributed by atoms with Gasteiger partial charge in [-0.1, -0.05) is 97.1 Å². The molecule has 4 heterocycles. The molecule has 0 fully saturated rings. The van der Waals surface area contributed by atoms with Gasteiger partial charge in [0, 0.05) is 30.2 Å². The molecule has 4 aliphatic heterocycles. The summed E-state index contributed by atoms with van der Waals surface area (Å²) in [4.78, 5) is 24.1. The van der Waals surface area contributed by atoms with Crippen molar-refractivity contribution >= 4 is 37.0 Å². The highest BCUT2D eigenvalue weighted by molar-refractivity contribution is 6.75. The third-order valence-electron chi connectivity index (χ3n) is 12.0. The van der Waals surface area contributed by atoms with Gasteiger partial charge in [0.2, 0.25) is 6.19 Å². The first-order valence-corrected chi connectivity index (χ1v) is 25.6. The van der Waals surface area contributed by atoms with Gasteiger partial charge in [-0.2, -0.15) is 10.3 Å². The lowest BCUT2D eigenvalue weighted by atomic mass is 9.84. The monoisotopic (exact) mass is 899 g/mol. The molecule has 0 aliphatic carbocycles. The van der Waals surface area contributed by atoms with Gasteiger partial charge in [0.1, 0.15) is 23.7 Å². The summed E-state index contributed by atoms with van der Waals surface area (Å²) < 4.78 is 28.3. The molecule has 10 nitrogen and oxygen atoms in total. The van der Waals surface area contributed by atoms with Crippen LogP contribution in [0.25, 0.3) is 31.9 Å². The number of ketones is 1. The highest BCUT2D eigenvalue weighted by atomic mass is 28.3. The molecule has 332 valence electrons. The summed E-state index contributed by atoms with van der Waals surface area (Å²) in [5.41, 5.74) is 11.9. The number of aliphatic imine (C=N–C) groups is 1. The minimum Gasteiger partial charge on any atom is -0.489 e. The number of ether oxygens (including phenoxy) is 4. The Morgan fingerprint density at radius 3 is 1.63 bits per heavy atom. The van der Waals surface area contributed by atoms with E-state index in [0.29, 0.717) is 62.0 Å². The number of fused-ring (bicyclic) bond motifs is 4. The lowest BCUT2D eigenvalue weighted by Crippen LogP contribution is -2.37. The molecule has 0 saturated heterocycles. The number of hydrogen-bond acceptors (Lipinski definition) is 8. The van der Waals surface area contributed by atoms with E-state index >= 15 is 0 Å². The smallest absolute Gasteiger partial charge is 0.205 e. The summed E-state index contributed by atoms with van der Waals surface area (Å²) in [6.07, 6.45) is 2.45. The second kappa shape index (κ2) is 20.7. The van der Waals surface area contributed by atoms with E-state index < -0.39 is 8.24 Å². The van der Waals surface area contributed by atoms with Crippen molar-refractivity contribution in [2.75, 3.05) is 13.2 Å². The maximum atomic E-state index is 13.0. The van der Waals surface area contributed by atoms with E-state index in [1.807, 2.05) is 103 Å². The van der Waals surface area contributed by atoms with Crippen LogP contribution in [-0.2, 0) is 22.7 Å². The molecule has 67 heavy (non-hydrogen) atoms. The minimum atomic E-state index is -1.21. The van der Waals surface area contributed by atoms with Crippen LogP contribution < -0.4 is 9.47 Å². The molecule has 0 aromatic heterocycles. The number of carbonyl (C=O) groups excluding carboxylic acids is 1. The van der Waals surface area contributed by atoms with Crippen molar-refractivity contribution in [1.29, 1.82) is 5.26 Å². The van der Waals surface area contributed by atoms with Gasteiger partial charge in [-0.3, -0.25) is 9.45 Å². The van der Waals surface area contributed by atoms with Crippen molar-refractivity contribution in [3.63, 3.8) is 0 Å². The molecule has 0 N–H and O–H groups in total. The predicted molar refractivity (Wildman–Crippen MR) is 265 cm³/mol. The molecule has 0 amide bonds. The highest BCUT2D eigenvalue weighted by Gasteiger charge is 2.37. The van der Waals surface area contributed by atoms with Crippen molar-refractivity contribution in [1.82, 2.24) is 0 Å². The molecular formula is C56H49N5O5Si. The predicted octanol–water partition coefficient (Wildman–Crippen LogP) is 12.9. The molecule has 10 rings (SSSR count). The second-order valence-corrected chi connectivity index (χ2v) is 22.2. The number of nitriles is 1. The van der Waals surface area contributed by atoms with Crippen LogP contribution in [0.4, 0.5) is 11.4 Å². The summed E-state index contributed by atoms with van der Waals surface area (Å²) >= 11 is 0. The largest absolute Gasteiger partial charge is 0.489 e. The van der Waals surface area contributed by atoms with Crippen LogP contribution >= 0.6 is 0 Å². The van der Waals surface area contributed by atoms with Crippen molar-refractivity contribution < 1.29 is 23.7 Å². The van der Waals surface area contributed by atoms with Crippen molar-refractivity contribution in [2.24, 2.45) is 9.65 Å². The fraction of sp³-hybridized carbons (Fsp3) is 0.232. The zero-order valence-corrected chi connectivity index (χ0v) is 38.7. The van der Waals surface area contributed by atoms with Crippen LogP contribution in [0.2, 0.25) is 19.6 Å². The van der Waals surface area contributed by atoms with Gasteiger partial charge < -0.3 is 18.9 Å². The molecule has 4 aliphatic rings. The Morgan fingerprint density at radius 1 is 0.642 bits per heavy atom. The van der Waals surface area contributed by atoms with Gasteiger partial charge in [-0.15, -0.1) is 0 Å². The van der Waals surface area contributed by atoms with Crippen LogP contribution in [0.5, 0.6) is 11.5 Å². The van der Waals surface area contributed by atoms with Crippen LogP contribution in [0.3, 0.4) is 0 Å². The van der Waals surface area contributed by atoms with Gasteiger partial charge in [0.25, 0.3) is 0 Å². The van der Waals surface area contributed by atoms with E-state index in [4.69, 9.17) is 32.1 Å². The fourth-order valence-corrected chi connectivity index (χ4v) is 9.35. The summed E-state index contributed by atoms with van der Waals surface area (Å²) in [6, 6.07) is 43.0. The van der Waals surface area contributed by atoms with Crippen molar-refractivity contribution in [2.45, 2.75) is 69.7 Å². The Morgan fingerprint density at radius 2 is 1.13 bits per heavy atom. The van der Waals surface area contributed by atoms with Crippen LogP contribution in [-0.4, -0.2) is 51.0 Å². The SMILES string of the molecule is C=C=N[Si](C)(C)C.[C-]#[N+]c1cccc(-c2ccc3c(c2)C(=NC#N)CC(C2COCc4ccccc42)O3)c1.[C-]#[N+]c1cccc(-c2ccc3c(c2)C(=O)CC(C2COCc4ccccc42)O3)c1. The Kier molecular flexibility index (Phi) is 14.1. The average molecular weight is 900 g/mol.